The van der Waals surface area contributed by atoms with Gasteiger partial charge in [-0.05, 0) is 31.2 Å². The van der Waals surface area contributed by atoms with Gasteiger partial charge in [-0.3, -0.25) is 9.36 Å². The van der Waals surface area contributed by atoms with Gasteiger partial charge in [-0.1, -0.05) is 24.3 Å². The first-order chi connectivity index (χ1) is 10.1. The van der Waals surface area contributed by atoms with Crippen LogP contribution in [0.1, 0.15) is 18.1 Å². The molecule has 0 bridgehead atoms. The van der Waals surface area contributed by atoms with Crippen molar-refractivity contribution in [2.75, 3.05) is 0 Å². The molecule has 21 heavy (non-hydrogen) atoms. The van der Waals surface area contributed by atoms with Crippen molar-refractivity contribution in [1.82, 2.24) is 9.55 Å². The minimum absolute atomic E-state index is 0.156. The van der Waals surface area contributed by atoms with Crippen LogP contribution in [-0.4, -0.2) is 9.55 Å². The van der Waals surface area contributed by atoms with Crippen molar-refractivity contribution < 1.29 is 4.39 Å². The number of benzene rings is 2. The fraction of sp³-hybridized carbons (Fsp3) is 0.125. The fourth-order valence-electron chi connectivity index (χ4n) is 2.28. The molecule has 0 saturated carbocycles. The zero-order valence-corrected chi connectivity index (χ0v) is 12.0. The van der Waals surface area contributed by atoms with Gasteiger partial charge in [0.2, 0.25) is 0 Å². The number of hydrogen-bond donors (Lipinski definition) is 0. The summed E-state index contributed by atoms with van der Waals surface area (Å²) in [5.74, 6) is -0.166. The summed E-state index contributed by atoms with van der Waals surface area (Å²) in [4.78, 5) is 17.1. The van der Waals surface area contributed by atoms with Gasteiger partial charge in [0.25, 0.3) is 5.56 Å². The average molecular weight is 303 g/mol. The van der Waals surface area contributed by atoms with Crippen LogP contribution in [0.15, 0.2) is 53.3 Å². The van der Waals surface area contributed by atoms with E-state index in [2.05, 4.69) is 4.98 Å². The first-order valence-corrected chi connectivity index (χ1v) is 6.94. The molecule has 0 aliphatic heterocycles. The maximum atomic E-state index is 14.1. The highest BCUT2D eigenvalue weighted by molar-refractivity contribution is 6.20. The van der Waals surface area contributed by atoms with Crippen molar-refractivity contribution in [3.63, 3.8) is 0 Å². The Morgan fingerprint density at radius 3 is 2.52 bits per heavy atom. The lowest BCUT2D eigenvalue weighted by Crippen LogP contribution is -2.25. The fourth-order valence-corrected chi connectivity index (χ4v) is 2.43. The third-order valence-corrected chi connectivity index (χ3v) is 3.45. The average Bonchev–Trinajstić information content (AvgIpc) is 2.48. The monoisotopic (exact) mass is 302 g/mol. The number of alkyl halides is 1. The van der Waals surface area contributed by atoms with E-state index in [0.29, 0.717) is 16.7 Å². The number of halogens is 2. The molecule has 2 aromatic carbocycles. The summed E-state index contributed by atoms with van der Waals surface area (Å²) in [7, 11) is 0. The van der Waals surface area contributed by atoms with E-state index in [1.807, 2.05) is 0 Å². The van der Waals surface area contributed by atoms with Crippen LogP contribution in [0.3, 0.4) is 0 Å². The van der Waals surface area contributed by atoms with E-state index < -0.39 is 11.2 Å². The highest BCUT2D eigenvalue weighted by Crippen LogP contribution is 2.23. The number of rotatable bonds is 2. The standard InChI is InChI=1S/C16H12ClFN2O/c1-10(17)15-19-13-8-4-2-6-11(13)16(21)20(15)14-9-5-3-7-12(14)18/h2-10H,1H3. The molecule has 5 heteroatoms. The van der Waals surface area contributed by atoms with E-state index in [9.17, 15) is 9.18 Å². The molecule has 0 saturated heterocycles. The highest BCUT2D eigenvalue weighted by atomic mass is 35.5. The van der Waals surface area contributed by atoms with E-state index in [4.69, 9.17) is 11.6 Å². The van der Waals surface area contributed by atoms with Crippen LogP contribution in [0, 0.1) is 5.82 Å². The Bertz CT molecular complexity index is 874. The highest BCUT2D eigenvalue weighted by Gasteiger charge is 2.18. The molecule has 1 heterocycles. The number of hydrogen-bond acceptors (Lipinski definition) is 2. The predicted octanol–water partition coefficient (Wildman–Crippen LogP) is 3.82. The molecule has 3 nitrogen and oxygen atoms in total. The molecule has 0 N–H and O–H groups in total. The Morgan fingerprint density at radius 1 is 1.14 bits per heavy atom. The third-order valence-electron chi connectivity index (χ3n) is 3.25. The number of aromatic nitrogens is 2. The topological polar surface area (TPSA) is 34.9 Å². The van der Waals surface area contributed by atoms with Gasteiger partial charge in [-0.2, -0.15) is 0 Å². The molecule has 106 valence electrons. The van der Waals surface area contributed by atoms with Crippen LogP contribution in [0.25, 0.3) is 16.6 Å². The summed E-state index contributed by atoms with van der Waals surface area (Å²) < 4.78 is 15.3. The molecule has 0 aliphatic rings. The van der Waals surface area contributed by atoms with Gasteiger partial charge in [0.1, 0.15) is 11.6 Å². The second-order valence-electron chi connectivity index (χ2n) is 4.70. The molecule has 0 spiro atoms. The summed E-state index contributed by atoms with van der Waals surface area (Å²) in [5, 5.41) is -0.0938. The lowest BCUT2D eigenvalue weighted by atomic mass is 10.2. The molecule has 3 rings (SSSR count). The molecule has 3 aromatic rings. The van der Waals surface area contributed by atoms with Crippen LogP contribution in [0.2, 0.25) is 0 Å². The van der Waals surface area contributed by atoms with Crippen LogP contribution < -0.4 is 5.56 Å². The Balaban J connectivity index is 2.46. The minimum atomic E-state index is -0.526. The van der Waals surface area contributed by atoms with Crippen LogP contribution >= 0.6 is 11.6 Å². The van der Waals surface area contributed by atoms with Crippen molar-refractivity contribution in [2.45, 2.75) is 12.3 Å². The maximum Gasteiger partial charge on any atom is 0.266 e. The number of fused-ring (bicyclic) bond motifs is 1. The van der Waals surface area contributed by atoms with Gasteiger partial charge < -0.3 is 0 Å². The number of para-hydroxylation sites is 2. The summed E-state index contributed by atoms with van der Waals surface area (Å²) >= 11 is 6.14. The number of nitrogens with zero attached hydrogens (tertiary/aromatic N) is 2. The van der Waals surface area contributed by atoms with Gasteiger partial charge in [-0.15, -0.1) is 11.6 Å². The summed E-state index contributed by atoms with van der Waals surface area (Å²) in [6.45, 7) is 1.70. The predicted molar refractivity (Wildman–Crippen MR) is 81.6 cm³/mol. The molecule has 0 amide bonds. The van der Waals surface area contributed by atoms with Crippen LogP contribution in [0.4, 0.5) is 4.39 Å². The second-order valence-corrected chi connectivity index (χ2v) is 5.35. The van der Waals surface area contributed by atoms with E-state index >= 15 is 0 Å². The molecule has 1 aromatic heterocycles. The van der Waals surface area contributed by atoms with E-state index in [1.54, 1.807) is 43.3 Å². The van der Waals surface area contributed by atoms with Crippen molar-refractivity contribution in [3.8, 4) is 5.69 Å². The van der Waals surface area contributed by atoms with Crippen molar-refractivity contribution in [3.05, 3.63) is 70.5 Å². The Hall–Kier alpha value is -2.20. The summed E-state index contributed by atoms with van der Waals surface area (Å²) in [6.07, 6.45) is 0. The third kappa shape index (κ3) is 2.32. The minimum Gasteiger partial charge on any atom is -0.268 e. The largest absolute Gasteiger partial charge is 0.268 e. The van der Waals surface area contributed by atoms with E-state index in [1.165, 1.54) is 16.7 Å². The Kier molecular flexibility index (Phi) is 3.47. The zero-order valence-electron chi connectivity index (χ0n) is 11.3. The van der Waals surface area contributed by atoms with Gasteiger partial charge in [0.15, 0.2) is 0 Å². The normalized spacial score (nSPS) is 12.5. The quantitative estimate of drug-likeness (QED) is 0.674. The Morgan fingerprint density at radius 2 is 1.81 bits per heavy atom. The van der Waals surface area contributed by atoms with Gasteiger partial charge >= 0.3 is 0 Å². The molecular weight excluding hydrogens is 291 g/mol. The summed E-state index contributed by atoms with van der Waals surface area (Å²) in [5.41, 5.74) is 0.383. The van der Waals surface area contributed by atoms with Crippen molar-refractivity contribution >= 4 is 22.5 Å². The molecule has 0 aliphatic carbocycles. The SMILES string of the molecule is CC(Cl)c1nc2ccccc2c(=O)n1-c1ccccc1F. The second kappa shape index (κ2) is 5.30. The first kappa shape index (κ1) is 13.8. The lowest BCUT2D eigenvalue weighted by Gasteiger charge is -2.15. The van der Waals surface area contributed by atoms with Crippen molar-refractivity contribution in [1.29, 1.82) is 0 Å². The molecule has 0 radical (unpaired) electrons. The van der Waals surface area contributed by atoms with Gasteiger partial charge in [0, 0.05) is 0 Å². The van der Waals surface area contributed by atoms with Gasteiger partial charge in [0.05, 0.1) is 22.0 Å². The molecular formula is C16H12ClFN2O. The maximum absolute atomic E-state index is 14.1. The lowest BCUT2D eigenvalue weighted by molar-refractivity contribution is 0.611. The Labute approximate surface area is 125 Å². The molecule has 1 atom stereocenters. The van der Waals surface area contributed by atoms with E-state index in [-0.39, 0.29) is 11.2 Å². The van der Waals surface area contributed by atoms with E-state index in [0.717, 1.165) is 0 Å². The van der Waals surface area contributed by atoms with Crippen molar-refractivity contribution in [2.24, 2.45) is 0 Å². The zero-order chi connectivity index (χ0) is 15.0. The molecule has 0 fully saturated rings. The van der Waals surface area contributed by atoms with Gasteiger partial charge in [-0.25, -0.2) is 9.37 Å². The van der Waals surface area contributed by atoms with Crippen LogP contribution in [0.5, 0.6) is 0 Å². The first-order valence-electron chi connectivity index (χ1n) is 6.50. The van der Waals surface area contributed by atoms with Crippen LogP contribution in [-0.2, 0) is 0 Å². The summed E-state index contributed by atoms with van der Waals surface area (Å²) in [6, 6.07) is 13.0. The molecule has 1 unspecified atom stereocenters. The smallest absolute Gasteiger partial charge is 0.266 e.